The van der Waals surface area contributed by atoms with Gasteiger partial charge in [-0.3, -0.25) is 0 Å². The van der Waals surface area contributed by atoms with Gasteiger partial charge in [0.25, 0.3) is 0 Å². The molecule has 1 N–H and O–H groups in total. The van der Waals surface area contributed by atoms with Crippen molar-refractivity contribution in [2.24, 2.45) is 11.8 Å². The third-order valence-corrected chi connectivity index (χ3v) is 7.86. The number of fused-ring (bicyclic) bond motifs is 1. The van der Waals surface area contributed by atoms with Crippen LogP contribution >= 0.6 is 0 Å². The third kappa shape index (κ3) is 5.31. The summed E-state index contributed by atoms with van der Waals surface area (Å²) in [6, 6.07) is 10.1. The number of piperidine rings is 1. The molecule has 0 radical (unpaired) electrons. The Bertz CT molecular complexity index is 874. The van der Waals surface area contributed by atoms with E-state index < -0.39 is 0 Å². The number of hydrogen-bond acceptors (Lipinski definition) is 3. The lowest BCUT2D eigenvalue weighted by Crippen LogP contribution is -2.43. The second kappa shape index (κ2) is 10.7. The van der Waals surface area contributed by atoms with E-state index in [0.717, 1.165) is 24.3 Å². The predicted molar refractivity (Wildman–Crippen MR) is 131 cm³/mol. The van der Waals surface area contributed by atoms with Gasteiger partial charge < -0.3 is 19.5 Å². The Morgan fingerprint density at radius 1 is 1.06 bits per heavy atom. The highest BCUT2D eigenvalue weighted by atomic mass is 16.5. The van der Waals surface area contributed by atoms with Crippen LogP contribution < -0.4 is 5.32 Å². The minimum atomic E-state index is -0.328. The molecule has 2 heterocycles. The summed E-state index contributed by atoms with van der Waals surface area (Å²) in [5.74, 6) is 1.78. The molecule has 2 fully saturated rings. The smallest absolute Gasteiger partial charge is 0.407 e. The largest absolute Gasteiger partial charge is 0.450 e. The summed E-state index contributed by atoms with van der Waals surface area (Å²) in [6.07, 6.45) is 10.9. The van der Waals surface area contributed by atoms with Crippen LogP contribution in [0.5, 0.6) is 0 Å². The van der Waals surface area contributed by atoms with E-state index in [1.54, 1.807) is 0 Å². The summed E-state index contributed by atoms with van der Waals surface area (Å²) >= 11 is 0. The van der Waals surface area contributed by atoms with Crippen molar-refractivity contribution in [3.8, 4) is 0 Å². The van der Waals surface area contributed by atoms with Gasteiger partial charge >= 0.3 is 6.09 Å². The van der Waals surface area contributed by atoms with Gasteiger partial charge in [0, 0.05) is 48.8 Å². The van der Waals surface area contributed by atoms with E-state index >= 15 is 0 Å². The van der Waals surface area contributed by atoms with Crippen LogP contribution in [0.4, 0.5) is 4.79 Å². The van der Waals surface area contributed by atoms with Gasteiger partial charge in [-0.05, 0) is 75.3 Å². The minimum Gasteiger partial charge on any atom is -0.450 e. The maximum atomic E-state index is 11.6. The number of hydrogen-bond donors (Lipinski definition) is 1. The van der Waals surface area contributed by atoms with Crippen LogP contribution in [0.2, 0.25) is 0 Å². The second-order valence-corrected chi connectivity index (χ2v) is 10.1. The molecule has 5 nitrogen and oxygen atoms in total. The molecule has 176 valence electrons. The number of amides is 1. The average Bonchev–Trinajstić information content (AvgIpc) is 3.18. The topological polar surface area (TPSA) is 46.5 Å². The zero-order valence-electron chi connectivity index (χ0n) is 20.2. The molecule has 0 atom stereocenters. The molecule has 2 aromatic rings. The molecule has 1 aliphatic carbocycles. The Balaban J connectivity index is 1.37. The SMILES string of the molecule is CCOC(=O)NCCc1cn(C2CCN(C3CCC(C(C)C)CC3)CC2)c2ccccc12. The molecule has 2 aliphatic rings. The maximum absolute atomic E-state index is 11.6. The summed E-state index contributed by atoms with van der Waals surface area (Å²) in [5, 5.41) is 4.17. The fraction of sp³-hybridized carbons (Fsp3) is 0.667. The summed E-state index contributed by atoms with van der Waals surface area (Å²) in [6.45, 7) is 10.0. The minimum absolute atomic E-state index is 0.328. The number of likely N-dealkylation sites (tertiary alicyclic amines) is 1. The number of rotatable bonds is 7. The van der Waals surface area contributed by atoms with E-state index in [-0.39, 0.29) is 6.09 Å². The van der Waals surface area contributed by atoms with Crippen LogP contribution in [0.15, 0.2) is 30.5 Å². The zero-order valence-corrected chi connectivity index (χ0v) is 20.2. The predicted octanol–water partition coefficient (Wildman–Crippen LogP) is 5.78. The van der Waals surface area contributed by atoms with Gasteiger partial charge in [0.1, 0.15) is 0 Å². The molecule has 4 rings (SSSR count). The molecule has 0 unspecified atom stereocenters. The number of ether oxygens (including phenoxy) is 1. The van der Waals surface area contributed by atoms with Crippen molar-refractivity contribution < 1.29 is 9.53 Å². The first-order chi connectivity index (χ1) is 15.6. The van der Waals surface area contributed by atoms with Gasteiger partial charge in [-0.15, -0.1) is 0 Å². The fourth-order valence-corrected chi connectivity index (χ4v) is 5.92. The number of carbonyl (C=O) groups excluding carboxylic acids is 1. The monoisotopic (exact) mass is 439 g/mol. The van der Waals surface area contributed by atoms with Crippen molar-refractivity contribution >= 4 is 17.0 Å². The fourth-order valence-electron chi connectivity index (χ4n) is 5.92. The van der Waals surface area contributed by atoms with Crippen LogP contribution in [-0.2, 0) is 11.2 Å². The molecule has 0 spiro atoms. The molecule has 32 heavy (non-hydrogen) atoms. The van der Waals surface area contributed by atoms with Gasteiger partial charge in [-0.1, -0.05) is 32.0 Å². The number of aromatic nitrogens is 1. The van der Waals surface area contributed by atoms with Crippen molar-refractivity contribution in [1.82, 2.24) is 14.8 Å². The first-order valence-corrected chi connectivity index (χ1v) is 12.8. The van der Waals surface area contributed by atoms with E-state index in [2.05, 4.69) is 59.1 Å². The molecular formula is C27H41N3O2. The molecule has 0 bridgehead atoms. The molecule has 5 heteroatoms. The van der Waals surface area contributed by atoms with Crippen LogP contribution in [0.25, 0.3) is 10.9 Å². The second-order valence-electron chi connectivity index (χ2n) is 10.1. The van der Waals surface area contributed by atoms with Gasteiger partial charge in [-0.2, -0.15) is 0 Å². The Hall–Kier alpha value is -2.01. The Kier molecular flexibility index (Phi) is 7.77. The number of nitrogens with one attached hydrogen (secondary N) is 1. The zero-order chi connectivity index (χ0) is 22.5. The van der Waals surface area contributed by atoms with Crippen LogP contribution in [0.3, 0.4) is 0 Å². The van der Waals surface area contributed by atoms with Crippen molar-refractivity contribution in [2.45, 2.75) is 77.8 Å². The third-order valence-electron chi connectivity index (χ3n) is 7.86. The highest BCUT2D eigenvalue weighted by molar-refractivity contribution is 5.84. The highest BCUT2D eigenvalue weighted by Crippen LogP contribution is 2.35. The molecule has 1 aromatic carbocycles. The molecule has 1 amide bonds. The molecule has 1 aliphatic heterocycles. The standard InChI is InChI=1S/C27H41N3O2/c1-4-32-27(31)28-16-13-22-19-30(26-8-6-5-7-25(22)26)24-14-17-29(18-15-24)23-11-9-21(10-12-23)20(2)3/h5-8,19-21,23-24H,4,9-18H2,1-3H3,(H,28,31). The Labute approximate surface area is 193 Å². The number of nitrogens with zero attached hydrogens (tertiary/aromatic N) is 2. The lowest BCUT2D eigenvalue weighted by atomic mass is 9.79. The summed E-state index contributed by atoms with van der Waals surface area (Å²) in [4.78, 5) is 14.4. The lowest BCUT2D eigenvalue weighted by Gasteiger charge is -2.42. The maximum Gasteiger partial charge on any atom is 0.407 e. The van der Waals surface area contributed by atoms with Crippen molar-refractivity contribution in [1.29, 1.82) is 0 Å². The summed E-state index contributed by atoms with van der Waals surface area (Å²) in [7, 11) is 0. The quantitative estimate of drug-likeness (QED) is 0.595. The van der Waals surface area contributed by atoms with Crippen molar-refractivity contribution in [2.75, 3.05) is 26.2 Å². The normalized spacial score (nSPS) is 23.0. The summed E-state index contributed by atoms with van der Waals surface area (Å²) < 4.78 is 7.50. The van der Waals surface area contributed by atoms with E-state index in [0.29, 0.717) is 19.2 Å². The van der Waals surface area contributed by atoms with Crippen LogP contribution in [-0.4, -0.2) is 47.8 Å². The van der Waals surface area contributed by atoms with E-state index in [9.17, 15) is 4.79 Å². The van der Waals surface area contributed by atoms with Gasteiger partial charge in [0.2, 0.25) is 0 Å². The lowest BCUT2D eigenvalue weighted by molar-refractivity contribution is 0.0894. The Morgan fingerprint density at radius 2 is 1.78 bits per heavy atom. The average molecular weight is 440 g/mol. The van der Waals surface area contributed by atoms with Crippen molar-refractivity contribution in [3.63, 3.8) is 0 Å². The molecule has 1 saturated heterocycles. The van der Waals surface area contributed by atoms with Gasteiger partial charge in [0.05, 0.1) is 6.61 Å². The number of carbonyl (C=O) groups is 1. The van der Waals surface area contributed by atoms with E-state index in [1.165, 1.54) is 68.1 Å². The van der Waals surface area contributed by atoms with Gasteiger partial charge in [0.15, 0.2) is 0 Å². The first kappa shape index (κ1) is 23.2. The molecular weight excluding hydrogens is 398 g/mol. The van der Waals surface area contributed by atoms with Crippen LogP contribution in [0.1, 0.15) is 70.9 Å². The van der Waals surface area contributed by atoms with Crippen LogP contribution in [0, 0.1) is 11.8 Å². The van der Waals surface area contributed by atoms with Crippen molar-refractivity contribution in [3.05, 3.63) is 36.0 Å². The summed E-state index contributed by atoms with van der Waals surface area (Å²) in [5.41, 5.74) is 2.64. The number of benzene rings is 1. The highest BCUT2D eigenvalue weighted by Gasteiger charge is 2.30. The van der Waals surface area contributed by atoms with E-state index in [1.807, 2.05) is 6.92 Å². The first-order valence-electron chi connectivity index (χ1n) is 12.8. The number of para-hydroxylation sites is 1. The van der Waals surface area contributed by atoms with E-state index in [4.69, 9.17) is 4.74 Å². The van der Waals surface area contributed by atoms with Gasteiger partial charge in [-0.25, -0.2) is 4.79 Å². The number of alkyl carbamates (subject to hydrolysis) is 1. The molecule has 1 aromatic heterocycles. The Morgan fingerprint density at radius 3 is 2.47 bits per heavy atom. The molecule has 1 saturated carbocycles.